The second-order valence-corrected chi connectivity index (χ2v) is 5.82. The van der Waals surface area contributed by atoms with E-state index in [4.69, 9.17) is 0 Å². The Morgan fingerprint density at radius 1 is 1.25 bits per heavy atom. The molecule has 0 radical (unpaired) electrons. The highest BCUT2D eigenvalue weighted by Gasteiger charge is 2.19. The van der Waals surface area contributed by atoms with E-state index in [2.05, 4.69) is 48.0 Å². The van der Waals surface area contributed by atoms with E-state index in [-0.39, 0.29) is 0 Å². The fourth-order valence-corrected chi connectivity index (χ4v) is 2.51. The summed E-state index contributed by atoms with van der Waals surface area (Å²) in [6.07, 6.45) is 7.07. The van der Waals surface area contributed by atoms with Crippen molar-refractivity contribution in [3.63, 3.8) is 0 Å². The van der Waals surface area contributed by atoms with Gasteiger partial charge in [0.2, 0.25) is 0 Å². The topological polar surface area (TPSA) is 15.3 Å². The molecule has 110 valence electrons. The Morgan fingerprint density at radius 3 is 2.55 bits per heavy atom. The van der Waals surface area contributed by atoms with Gasteiger partial charge in [0.1, 0.15) is 0 Å². The predicted molar refractivity (Wildman–Crippen MR) is 86.9 cm³/mol. The number of hydrogen-bond donors (Lipinski definition) is 1. The molecule has 1 aromatic rings. The molecule has 1 aliphatic carbocycles. The number of benzene rings is 1. The molecule has 0 unspecified atom stereocenters. The summed E-state index contributed by atoms with van der Waals surface area (Å²) in [5.74, 6) is 0. The maximum atomic E-state index is 3.84. The molecule has 0 aliphatic heterocycles. The van der Waals surface area contributed by atoms with Crippen molar-refractivity contribution in [1.82, 2.24) is 10.2 Å². The van der Waals surface area contributed by atoms with Crippen LogP contribution in [0.15, 0.2) is 36.9 Å². The normalized spacial score (nSPS) is 14.7. The minimum atomic E-state index is 0.816. The Hall–Kier alpha value is -1.12. The molecule has 1 N–H and O–H groups in total. The molecule has 1 aliphatic rings. The monoisotopic (exact) mass is 272 g/mol. The molecule has 2 heteroatoms. The minimum absolute atomic E-state index is 0.816. The van der Waals surface area contributed by atoms with Crippen molar-refractivity contribution in [3.05, 3.63) is 48.0 Å². The molecule has 0 spiro atoms. The summed E-state index contributed by atoms with van der Waals surface area (Å²) in [5, 5.41) is 3.57. The van der Waals surface area contributed by atoms with Crippen molar-refractivity contribution in [2.75, 3.05) is 19.6 Å². The lowest BCUT2D eigenvalue weighted by molar-refractivity contribution is 0.295. The van der Waals surface area contributed by atoms with Crippen LogP contribution in [0.25, 0.3) is 0 Å². The average molecular weight is 272 g/mol. The number of hydrogen-bond acceptors (Lipinski definition) is 2. The molecular weight excluding hydrogens is 244 g/mol. The quantitative estimate of drug-likeness (QED) is 0.657. The molecule has 20 heavy (non-hydrogen) atoms. The van der Waals surface area contributed by atoms with Crippen LogP contribution in [0.5, 0.6) is 0 Å². The first kappa shape index (κ1) is 15.3. The molecule has 0 atom stereocenters. The van der Waals surface area contributed by atoms with Gasteiger partial charge in [0, 0.05) is 19.1 Å². The molecule has 1 saturated carbocycles. The van der Waals surface area contributed by atoms with E-state index in [1.165, 1.54) is 30.4 Å². The molecule has 0 amide bonds. The highest BCUT2D eigenvalue weighted by molar-refractivity contribution is 5.22. The van der Waals surface area contributed by atoms with Gasteiger partial charge in [-0.05, 0) is 49.9 Å². The average Bonchev–Trinajstić information content (AvgIpc) is 3.26. The van der Waals surface area contributed by atoms with Gasteiger partial charge >= 0.3 is 0 Å². The van der Waals surface area contributed by atoms with Crippen molar-refractivity contribution in [3.8, 4) is 0 Å². The molecule has 2 rings (SSSR count). The van der Waals surface area contributed by atoms with Crippen LogP contribution >= 0.6 is 0 Å². The van der Waals surface area contributed by atoms with E-state index in [1.54, 1.807) is 0 Å². The standard InChI is InChI=1S/C18H28N2/c1-3-13-20(14-4-2)15-17-7-5-16(6-8-17)11-12-19-18-9-10-18/h3,5-8,18-19H,1,4,9-15H2,2H3. The van der Waals surface area contributed by atoms with Crippen LogP contribution in [0.3, 0.4) is 0 Å². The second-order valence-electron chi connectivity index (χ2n) is 5.82. The van der Waals surface area contributed by atoms with Crippen LogP contribution in [-0.4, -0.2) is 30.6 Å². The molecule has 0 aromatic heterocycles. The Kier molecular flexibility index (Phi) is 6.28. The van der Waals surface area contributed by atoms with Gasteiger partial charge in [-0.15, -0.1) is 6.58 Å². The van der Waals surface area contributed by atoms with E-state index in [9.17, 15) is 0 Å². The maximum Gasteiger partial charge on any atom is 0.0237 e. The minimum Gasteiger partial charge on any atom is -0.314 e. The number of rotatable bonds is 10. The summed E-state index contributed by atoms with van der Waals surface area (Å²) in [5.41, 5.74) is 2.84. The molecule has 0 saturated heterocycles. The first-order valence-corrected chi connectivity index (χ1v) is 7.96. The highest BCUT2D eigenvalue weighted by Crippen LogP contribution is 2.18. The third-order valence-electron chi connectivity index (χ3n) is 3.78. The second kappa shape index (κ2) is 8.23. The fourth-order valence-electron chi connectivity index (χ4n) is 2.51. The first-order valence-electron chi connectivity index (χ1n) is 7.96. The largest absolute Gasteiger partial charge is 0.314 e. The summed E-state index contributed by atoms with van der Waals surface area (Å²) < 4.78 is 0. The number of nitrogens with zero attached hydrogens (tertiary/aromatic N) is 1. The van der Waals surface area contributed by atoms with E-state index in [1.807, 2.05) is 6.08 Å². The van der Waals surface area contributed by atoms with Crippen molar-refractivity contribution < 1.29 is 0 Å². The fraction of sp³-hybridized carbons (Fsp3) is 0.556. The van der Waals surface area contributed by atoms with Gasteiger partial charge < -0.3 is 5.32 Å². The Morgan fingerprint density at radius 2 is 1.95 bits per heavy atom. The molecule has 0 bridgehead atoms. The molecule has 2 nitrogen and oxygen atoms in total. The summed E-state index contributed by atoms with van der Waals surface area (Å²) in [6, 6.07) is 9.93. The van der Waals surface area contributed by atoms with Crippen LogP contribution in [0.1, 0.15) is 37.3 Å². The lowest BCUT2D eigenvalue weighted by Crippen LogP contribution is -2.24. The van der Waals surface area contributed by atoms with E-state index in [0.29, 0.717) is 0 Å². The zero-order valence-corrected chi connectivity index (χ0v) is 12.8. The van der Waals surface area contributed by atoms with Crippen molar-refractivity contribution >= 4 is 0 Å². The molecule has 0 heterocycles. The molecule has 1 fully saturated rings. The Labute approximate surface area is 123 Å². The third-order valence-corrected chi connectivity index (χ3v) is 3.78. The van der Waals surface area contributed by atoms with Gasteiger partial charge in [0.15, 0.2) is 0 Å². The van der Waals surface area contributed by atoms with E-state index < -0.39 is 0 Å². The van der Waals surface area contributed by atoms with Gasteiger partial charge in [-0.1, -0.05) is 37.3 Å². The molecular formula is C18H28N2. The molecule has 1 aromatic carbocycles. The Bertz CT molecular complexity index is 392. The summed E-state index contributed by atoms with van der Waals surface area (Å²) in [6.45, 7) is 10.3. The summed E-state index contributed by atoms with van der Waals surface area (Å²) in [4.78, 5) is 2.44. The van der Waals surface area contributed by atoms with Gasteiger partial charge in [0.25, 0.3) is 0 Å². The van der Waals surface area contributed by atoms with Gasteiger partial charge in [0.05, 0.1) is 0 Å². The van der Waals surface area contributed by atoms with Crippen LogP contribution in [0.2, 0.25) is 0 Å². The highest BCUT2D eigenvalue weighted by atomic mass is 15.1. The van der Waals surface area contributed by atoms with Crippen molar-refractivity contribution in [2.45, 2.75) is 45.2 Å². The lowest BCUT2D eigenvalue weighted by Gasteiger charge is -2.20. The Balaban J connectivity index is 1.77. The van der Waals surface area contributed by atoms with Crippen LogP contribution < -0.4 is 5.32 Å². The predicted octanol–water partition coefficient (Wildman–Crippen LogP) is 3.38. The van der Waals surface area contributed by atoms with Crippen LogP contribution in [0, 0.1) is 0 Å². The van der Waals surface area contributed by atoms with Crippen molar-refractivity contribution in [1.29, 1.82) is 0 Å². The SMILES string of the molecule is C=CCN(CCC)Cc1ccc(CCNC2CC2)cc1. The van der Waals surface area contributed by atoms with E-state index >= 15 is 0 Å². The van der Waals surface area contributed by atoms with E-state index in [0.717, 1.165) is 38.6 Å². The maximum absolute atomic E-state index is 3.84. The van der Waals surface area contributed by atoms with Gasteiger partial charge in [-0.25, -0.2) is 0 Å². The van der Waals surface area contributed by atoms with Gasteiger partial charge in [-0.3, -0.25) is 4.90 Å². The van der Waals surface area contributed by atoms with Crippen LogP contribution in [-0.2, 0) is 13.0 Å². The van der Waals surface area contributed by atoms with Crippen LogP contribution in [0.4, 0.5) is 0 Å². The number of nitrogens with one attached hydrogen (secondary N) is 1. The zero-order valence-electron chi connectivity index (χ0n) is 12.8. The van der Waals surface area contributed by atoms with Crippen molar-refractivity contribution in [2.24, 2.45) is 0 Å². The first-order chi connectivity index (χ1) is 9.81. The lowest BCUT2D eigenvalue weighted by atomic mass is 10.1. The smallest absolute Gasteiger partial charge is 0.0237 e. The summed E-state index contributed by atoms with van der Waals surface area (Å²) in [7, 11) is 0. The summed E-state index contributed by atoms with van der Waals surface area (Å²) >= 11 is 0. The zero-order chi connectivity index (χ0) is 14.2. The third kappa shape index (κ3) is 5.48. The van der Waals surface area contributed by atoms with Gasteiger partial charge in [-0.2, -0.15) is 0 Å².